The van der Waals surface area contributed by atoms with E-state index in [0.29, 0.717) is 25.2 Å². The van der Waals surface area contributed by atoms with Gasteiger partial charge < -0.3 is 18.9 Å². The average Bonchev–Trinajstić information content (AvgIpc) is 3.09. The van der Waals surface area contributed by atoms with Crippen LogP contribution in [0.15, 0.2) is 24.3 Å². The van der Waals surface area contributed by atoms with Crippen molar-refractivity contribution in [2.45, 2.75) is 51.9 Å². The number of benzene rings is 2. The Bertz CT molecular complexity index is 1070. The number of hydrogen-bond donors (Lipinski definition) is 0. The molecule has 1 aliphatic rings. The molecule has 0 amide bonds. The number of aryl methyl sites for hydroxylation is 1. The van der Waals surface area contributed by atoms with E-state index in [9.17, 15) is 31.5 Å². The Hall–Kier alpha value is -3.21. The summed E-state index contributed by atoms with van der Waals surface area (Å²) >= 11 is 0. The van der Waals surface area contributed by atoms with Gasteiger partial charge in [-0.25, -0.2) is 18.0 Å². The van der Waals surface area contributed by atoms with Gasteiger partial charge in [0.2, 0.25) is 40.6 Å². The van der Waals surface area contributed by atoms with E-state index >= 15 is 0 Å². The molecule has 190 valence electrons. The molecule has 1 unspecified atom stereocenters. The fourth-order valence-corrected chi connectivity index (χ4v) is 3.61. The van der Waals surface area contributed by atoms with Gasteiger partial charge in [0.15, 0.2) is 6.10 Å². The monoisotopic (exact) mass is 502 g/mol. The van der Waals surface area contributed by atoms with Crippen LogP contribution in [-0.2, 0) is 25.5 Å². The second-order valence-electron chi connectivity index (χ2n) is 8.26. The van der Waals surface area contributed by atoms with Gasteiger partial charge in [0.1, 0.15) is 5.75 Å². The molecule has 0 aromatic heterocycles. The fraction of sp³-hybridized carbons (Fsp3) is 0.417. The smallest absolute Gasteiger partial charge is 0.338 e. The Morgan fingerprint density at radius 1 is 1.00 bits per heavy atom. The van der Waals surface area contributed by atoms with Gasteiger partial charge in [-0.05, 0) is 43.9 Å². The maximum atomic E-state index is 14.0. The van der Waals surface area contributed by atoms with Gasteiger partial charge in [-0.3, -0.25) is 4.79 Å². The highest BCUT2D eigenvalue weighted by molar-refractivity contribution is 5.86. The number of cyclic esters (lactones) is 1. The molecule has 1 saturated heterocycles. The molecule has 0 radical (unpaired) electrons. The quantitative estimate of drug-likeness (QED) is 0.158. The molecule has 35 heavy (non-hydrogen) atoms. The summed E-state index contributed by atoms with van der Waals surface area (Å²) in [7, 11) is 0. The number of hydrogen-bond acceptors (Lipinski definition) is 6. The molecule has 0 aliphatic carbocycles. The van der Waals surface area contributed by atoms with Crippen molar-refractivity contribution in [1.82, 2.24) is 0 Å². The van der Waals surface area contributed by atoms with E-state index in [4.69, 9.17) is 14.2 Å². The van der Waals surface area contributed by atoms with Crippen molar-refractivity contribution in [3.8, 4) is 11.5 Å². The highest BCUT2D eigenvalue weighted by atomic mass is 19.2. The van der Waals surface area contributed by atoms with Crippen molar-refractivity contribution in [3.05, 3.63) is 58.9 Å². The van der Waals surface area contributed by atoms with Gasteiger partial charge in [-0.2, -0.15) is 8.78 Å². The lowest BCUT2D eigenvalue weighted by molar-refractivity contribution is -0.163. The van der Waals surface area contributed by atoms with Crippen molar-refractivity contribution >= 4 is 11.9 Å². The zero-order valence-electron chi connectivity index (χ0n) is 19.1. The van der Waals surface area contributed by atoms with Crippen LogP contribution in [0.3, 0.4) is 0 Å². The van der Waals surface area contributed by atoms with Gasteiger partial charge in [-0.1, -0.05) is 12.1 Å². The Labute approximate surface area is 197 Å². The van der Waals surface area contributed by atoms with Crippen molar-refractivity contribution < 1.29 is 50.5 Å². The normalized spacial score (nSPS) is 17.7. The van der Waals surface area contributed by atoms with E-state index in [-0.39, 0.29) is 6.42 Å². The third kappa shape index (κ3) is 5.90. The van der Waals surface area contributed by atoms with Crippen molar-refractivity contribution in [2.75, 3.05) is 6.61 Å². The van der Waals surface area contributed by atoms with Crippen LogP contribution in [0.5, 0.6) is 11.5 Å². The van der Waals surface area contributed by atoms with Crippen molar-refractivity contribution in [1.29, 1.82) is 0 Å². The van der Waals surface area contributed by atoms with E-state index in [2.05, 4.69) is 4.74 Å². The summed E-state index contributed by atoms with van der Waals surface area (Å²) in [6, 6.07) is 7.12. The maximum absolute atomic E-state index is 14.0. The van der Waals surface area contributed by atoms with Crippen LogP contribution < -0.4 is 9.47 Å². The van der Waals surface area contributed by atoms with E-state index in [1.807, 2.05) is 6.92 Å². The van der Waals surface area contributed by atoms with Crippen molar-refractivity contribution in [2.24, 2.45) is 5.92 Å². The molecule has 0 bridgehead atoms. The first-order chi connectivity index (χ1) is 16.4. The summed E-state index contributed by atoms with van der Waals surface area (Å²) in [5.74, 6) is -17.8. The Morgan fingerprint density at radius 3 is 2.09 bits per heavy atom. The lowest BCUT2D eigenvalue weighted by Gasteiger charge is -2.21. The summed E-state index contributed by atoms with van der Waals surface area (Å²) in [5.41, 5.74) is 0.871. The zero-order chi connectivity index (χ0) is 25.9. The summed E-state index contributed by atoms with van der Waals surface area (Å²) in [6.45, 7) is 5.17. The molecule has 11 heteroatoms. The first-order valence-electron chi connectivity index (χ1n) is 10.8. The van der Waals surface area contributed by atoms with E-state index in [0.717, 1.165) is 5.56 Å². The molecule has 0 spiro atoms. The van der Waals surface area contributed by atoms with Crippen molar-refractivity contribution in [3.63, 3.8) is 0 Å². The number of carbonyl (C=O) groups is 2. The summed E-state index contributed by atoms with van der Waals surface area (Å²) in [4.78, 5) is 25.1. The largest absolute Gasteiger partial charge is 0.494 e. The Kier molecular flexibility index (Phi) is 7.99. The van der Waals surface area contributed by atoms with E-state index in [1.54, 1.807) is 24.3 Å². The lowest BCUT2D eigenvalue weighted by Crippen LogP contribution is -2.37. The molecule has 6 nitrogen and oxygen atoms in total. The molecule has 2 aromatic carbocycles. The summed E-state index contributed by atoms with van der Waals surface area (Å²) in [6.07, 6.45) is -0.848. The number of halogens is 5. The molecule has 1 heterocycles. The van der Waals surface area contributed by atoms with Gasteiger partial charge in [0.05, 0.1) is 12.5 Å². The van der Waals surface area contributed by atoms with Crippen LogP contribution in [0.25, 0.3) is 0 Å². The molecular formula is C24H23F5O6. The second kappa shape index (κ2) is 10.6. The van der Waals surface area contributed by atoms with Crippen LogP contribution in [0.1, 0.15) is 39.2 Å². The molecule has 2 aromatic rings. The fourth-order valence-electron chi connectivity index (χ4n) is 3.61. The SMILES string of the molecule is CCOc1ccc(CCCC(C(=O)Oc2c(F)c(F)c(F)c(F)c2F)[C@@H]2OC(C)(C)OC2=O)cc1. The van der Waals surface area contributed by atoms with Crippen LogP contribution >= 0.6 is 0 Å². The van der Waals surface area contributed by atoms with Crippen LogP contribution in [0.4, 0.5) is 22.0 Å². The maximum Gasteiger partial charge on any atom is 0.338 e. The second-order valence-corrected chi connectivity index (χ2v) is 8.26. The van der Waals surface area contributed by atoms with Crippen LogP contribution in [-0.4, -0.2) is 30.4 Å². The van der Waals surface area contributed by atoms with Gasteiger partial charge in [0.25, 0.3) is 0 Å². The highest BCUT2D eigenvalue weighted by Crippen LogP contribution is 2.34. The average molecular weight is 502 g/mol. The van der Waals surface area contributed by atoms with Gasteiger partial charge in [-0.15, -0.1) is 0 Å². The molecule has 3 rings (SSSR count). The summed E-state index contributed by atoms with van der Waals surface area (Å²) < 4.78 is 88.9. The van der Waals surface area contributed by atoms with Gasteiger partial charge in [0, 0.05) is 13.8 Å². The minimum absolute atomic E-state index is 0.0721. The standard InChI is InChI=1S/C24H23F5O6/c1-4-32-13-10-8-12(9-11-13)6-5-7-14(20-23(31)35-24(2,3)34-20)22(30)33-21-18(28)16(26)15(25)17(27)19(21)29/h8-11,14,20H,4-7H2,1-3H3/t14?,20-/m0/s1. The molecular weight excluding hydrogens is 479 g/mol. The first kappa shape index (κ1) is 26.4. The topological polar surface area (TPSA) is 71.1 Å². The third-order valence-corrected chi connectivity index (χ3v) is 5.24. The zero-order valence-corrected chi connectivity index (χ0v) is 19.1. The lowest BCUT2D eigenvalue weighted by atomic mass is 9.94. The van der Waals surface area contributed by atoms with E-state index < -0.39 is 64.6 Å². The van der Waals surface area contributed by atoms with Crippen LogP contribution in [0, 0.1) is 35.0 Å². The predicted molar refractivity (Wildman–Crippen MR) is 111 cm³/mol. The molecule has 1 fully saturated rings. The van der Waals surface area contributed by atoms with E-state index in [1.165, 1.54) is 13.8 Å². The number of ether oxygens (including phenoxy) is 4. The minimum atomic E-state index is -2.39. The number of esters is 2. The Morgan fingerprint density at radius 2 is 1.57 bits per heavy atom. The molecule has 0 N–H and O–H groups in total. The third-order valence-electron chi connectivity index (χ3n) is 5.24. The molecule has 2 atom stereocenters. The van der Waals surface area contributed by atoms with Crippen LogP contribution in [0.2, 0.25) is 0 Å². The summed E-state index contributed by atoms with van der Waals surface area (Å²) in [5, 5.41) is 0. The van der Waals surface area contributed by atoms with Gasteiger partial charge >= 0.3 is 11.9 Å². The predicted octanol–water partition coefficient (Wildman–Crippen LogP) is 5.00. The Balaban J connectivity index is 1.80. The first-order valence-corrected chi connectivity index (χ1v) is 10.8. The number of carbonyl (C=O) groups excluding carboxylic acids is 2. The molecule has 1 aliphatic heterocycles. The highest BCUT2D eigenvalue weighted by Gasteiger charge is 2.48. The molecule has 0 saturated carbocycles. The minimum Gasteiger partial charge on any atom is -0.494 e. The number of rotatable bonds is 9.